The average molecular weight is 284 g/mol. The van der Waals surface area contributed by atoms with Gasteiger partial charge in [-0.25, -0.2) is 4.98 Å². The van der Waals surface area contributed by atoms with Gasteiger partial charge in [-0.05, 0) is 29.8 Å². The van der Waals surface area contributed by atoms with Crippen LogP contribution in [0.25, 0.3) is 0 Å². The highest BCUT2D eigenvalue weighted by Gasteiger charge is 2.33. The second-order valence-electron chi connectivity index (χ2n) is 3.79. The van der Waals surface area contributed by atoms with E-state index in [9.17, 15) is 13.2 Å². The van der Waals surface area contributed by atoms with E-state index in [4.69, 9.17) is 5.73 Å². The molecule has 1 aromatic carbocycles. The molecule has 1 aromatic heterocycles. The third kappa shape index (κ3) is 3.48. The van der Waals surface area contributed by atoms with Gasteiger partial charge in [-0.1, -0.05) is 23.9 Å². The zero-order valence-corrected chi connectivity index (χ0v) is 10.6. The molecule has 2 aromatic rings. The van der Waals surface area contributed by atoms with Crippen molar-refractivity contribution in [3.8, 4) is 0 Å². The summed E-state index contributed by atoms with van der Waals surface area (Å²) in [5.74, 6) is 0. The van der Waals surface area contributed by atoms with Crippen molar-refractivity contribution < 1.29 is 13.2 Å². The first-order chi connectivity index (χ1) is 9.00. The van der Waals surface area contributed by atoms with E-state index >= 15 is 0 Å². The van der Waals surface area contributed by atoms with Gasteiger partial charge in [0.05, 0.1) is 5.56 Å². The van der Waals surface area contributed by atoms with Crippen molar-refractivity contribution in [3.63, 3.8) is 0 Å². The molecule has 100 valence electrons. The fraction of sp³-hybridized carbons (Fsp3) is 0.154. The first kappa shape index (κ1) is 13.9. The van der Waals surface area contributed by atoms with Crippen molar-refractivity contribution >= 4 is 11.8 Å². The third-order valence-electron chi connectivity index (χ3n) is 2.47. The smallest absolute Gasteiger partial charge is 0.326 e. The molecule has 6 heteroatoms. The van der Waals surface area contributed by atoms with Crippen molar-refractivity contribution in [2.24, 2.45) is 5.73 Å². The molecule has 0 saturated carbocycles. The number of hydrogen-bond donors (Lipinski definition) is 1. The Morgan fingerprint density at radius 1 is 1.16 bits per heavy atom. The van der Waals surface area contributed by atoms with Gasteiger partial charge in [0, 0.05) is 17.6 Å². The van der Waals surface area contributed by atoms with E-state index in [0.29, 0.717) is 9.92 Å². The normalized spacial score (nSPS) is 11.6. The molecule has 0 bridgehead atoms. The van der Waals surface area contributed by atoms with Gasteiger partial charge in [-0.3, -0.25) is 0 Å². The van der Waals surface area contributed by atoms with Gasteiger partial charge in [0.1, 0.15) is 5.03 Å². The molecule has 1 heterocycles. The predicted molar refractivity (Wildman–Crippen MR) is 67.7 cm³/mol. The van der Waals surface area contributed by atoms with E-state index in [2.05, 4.69) is 4.98 Å². The summed E-state index contributed by atoms with van der Waals surface area (Å²) in [6.45, 7) is -0.136. The summed E-state index contributed by atoms with van der Waals surface area (Å²) in [6.07, 6.45) is -2.79. The molecule has 0 fully saturated rings. The van der Waals surface area contributed by atoms with Crippen LogP contribution in [0.5, 0.6) is 0 Å². The Labute approximate surface area is 112 Å². The Balaban J connectivity index is 2.33. The number of hydrogen-bond acceptors (Lipinski definition) is 3. The summed E-state index contributed by atoms with van der Waals surface area (Å²) < 4.78 is 38.6. The van der Waals surface area contributed by atoms with Gasteiger partial charge in [0.2, 0.25) is 0 Å². The van der Waals surface area contributed by atoms with E-state index < -0.39 is 11.7 Å². The van der Waals surface area contributed by atoms with E-state index in [0.717, 1.165) is 6.07 Å². The lowest BCUT2D eigenvalue weighted by molar-refractivity contribution is -0.138. The maximum Gasteiger partial charge on any atom is 0.416 e. The summed E-state index contributed by atoms with van der Waals surface area (Å²) in [7, 11) is 0. The van der Waals surface area contributed by atoms with E-state index in [1.54, 1.807) is 30.5 Å². The lowest BCUT2D eigenvalue weighted by Gasteiger charge is -2.13. The van der Waals surface area contributed by atoms with E-state index in [1.807, 2.05) is 0 Å². The number of nitrogens with zero attached hydrogens (tertiary/aromatic N) is 1. The van der Waals surface area contributed by atoms with Crippen LogP contribution in [0.4, 0.5) is 13.2 Å². The second kappa shape index (κ2) is 5.63. The molecule has 0 saturated heterocycles. The van der Waals surface area contributed by atoms with Crippen molar-refractivity contribution in [1.29, 1.82) is 0 Å². The third-order valence-corrected chi connectivity index (χ3v) is 3.41. The molecule has 2 nitrogen and oxygen atoms in total. The van der Waals surface area contributed by atoms with Crippen LogP contribution in [-0.2, 0) is 12.7 Å². The van der Waals surface area contributed by atoms with Crippen LogP contribution in [0.2, 0.25) is 0 Å². The van der Waals surface area contributed by atoms with Crippen LogP contribution in [0.15, 0.2) is 52.5 Å². The Morgan fingerprint density at radius 2 is 1.95 bits per heavy atom. The quantitative estimate of drug-likeness (QED) is 0.933. The standard InChI is InChI=1S/C13H11F3N2S/c14-13(15,16)11-7-10(5-4-9(11)8-17)19-12-3-1-2-6-18-12/h1-7H,8,17H2. The molecular weight excluding hydrogens is 273 g/mol. The number of nitrogens with two attached hydrogens (primary N) is 1. The minimum atomic E-state index is -4.39. The lowest BCUT2D eigenvalue weighted by atomic mass is 10.1. The highest BCUT2D eigenvalue weighted by Crippen LogP contribution is 2.36. The predicted octanol–water partition coefficient (Wildman–Crippen LogP) is 3.71. The van der Waals surface area contributed by atoms with Gasteiger partial charge in [-0.2, -0.15) is 13.2 Å². The number of rotatable bonds is 3. The first-order valence-corrected chi connectivity index (χ1v) is 6.31. The van der Waals surface area contributed by atoms with Crippen LogP contribution < -0.4 is 5.73 Å². The Hall–Kier alpha value is -1.53. The van der Waals surface area contributed by atoms with Gasteiger partial charge in [0.25, 0.3) is 0 Å². The Kier molecular flexibility index (Phi) is 4.11. The molecule has 0 spiro atoms. The fourth-order valence-electron chi connectivity index (χ4n) is 1.59. The topological polar surface area (TPSA) is 38.9 Å². The zero-order chi connectivity index (χ0) is 13.9. The summed E-state index contributed by atoms with van der Waals surface area (Å²) in [4.78, 5) is 4.55. The summed E-state index contributed by atoms with van der Waals surface area (Å²) in [5, 5.41) is 0.649. The van der Waals surface area contributed by atoms with Gasteiger partial charge < -0.3 is 5.73 Å². The van der Waals surface area contributed by atoms with Gasteiger partial charge in [-0.15, -0.1) is 0 Å². The molecule has 0 aliphatic rings. The molecular formula is C13H11F3N2S. The number of alkyl halides is 3. The first-order valence-electron chi connectivity index (χ1n) is 5.50. The van der Waals surface area contributed by atoms with Crippen molar-refractivity contribution in [1.82, 2.24) is 4.98 Å². The molecule has 2 N–H and O–H groups in total. The maximum atomic E-state index is 12.9. The van der Waals surface area contributed by atoms with Gasteiger partial charge in [0.15, 0.2) is 0 Å². The van der Waals surface area contributed by atoms with Crippen molar-refractivity contribution in [2.45, 2.75) is 22.6 Å². The zero-order valence-electron chi connectivity index (χ0n) is 9.82. The number of benzene rings is 1. The lowest BCUT2D eigenvalue weighted by Crippen LogP contribution is -2.11. The van der Waals surface area contributed by atoms with Crippen molar-refractivity contribution in [3.05, 3.63) is 53.7 Å². The molecule has 0 atom stereocenters. The minimum absolute atomic E-state index is 0.0953. The number of pyridine rings is 1. The van der Waals surface area contributed by atoms with Crippen LogP contribution in [0.3, 0.4) is 0 Å². The molecule has 0 aliphatic heterocycles. The molecule has 0 amide bonds. The van der Waals surface area contributed by atoms with Gasteiger partial charge >= 0.3 is 6.18 Å². The van der Waals surface area contributed by atoms with Crippen LogP contribution in [0, 0.1) is 0 Å². The van der Waals surface area contributed by atoms with Crippen LogP contribution >= 0.6 is 11.8 Å². The van der Waals surface area contributed by atoms with Crippen molar-refractivity contribution in [2.75, 3.05) is 0 Å². The average Bonchev–Trinajstić information content (AvgIpc) is 2.39. The highest BCUT2D eigenvalue weighted by molar-refractivity contribution is 7.99. The Morgan fingerprint density at radius 3 is 2.53 bits per heavy atom. The largest absolute Gasteiger partial charge is 0.416 e. The number of halogens is 3. The van der Waals surface area contributed by atoms with E-state index in [-0.39, 0.29) is 12.1 Å². The number of aromatic nitrogens is 1. The molecule has 0 radical (unpaired) electrons. The Bertz CT molecular complexity index is 556. The molecule has 0 aliphatic carbocycles. The summed E-state index contributed by atoms with van der Waals surface area (Å²) in [5.41, 5.74) is 4.74. The summed E-state index contributed by atoms with van der Waals surface area (Å²) in [6, 6.07) is 9.43. The summed E-state index contributed by atoms with van der Waals surface area (Å²) >= 11 is 1.19. The SMILES string of the molecule is NCc1ccc(Sc2ccccn2)cc1C(F)(F)F. The molecule has 19 heavy (non-hydrogen) atoms. The monoisotopic (exact) mass is 284 g/mol. The van der Waals surface area contributed by atoms with Crippen LogP contribution in [-0.4, -0.2) is 4.98 Å². The maximum absolute atomic E-state index is 12.9. The van der Waals surface area contributed by atoms with Crippen LogP contribution in [0.1, 0.15) is 11.1 Å². The van der Waals surface area contributed by atoms with E-state index in [1.165, 1.54) is 17.8 Å². The molecule has 2 rings (SSSR count). The highest BCUT2D eigenvalue weighted by atomic mass is 32.2. The fourth-order valence-corrected chi connectivity index (χ4v) is 2.40. The minimum Gasteiger partial charge on any atom is -0.326 e. The molecule has 0 unspecified atom stereocenters. The second-order valence-corrected chi connectivity index (χ2v) is 4.88.